The predicted molar refractivity (Wildman–Crippen MR) is 113 cm³/mol. The molecule has 0 unspecified atom stereocenters. The van der Waals surface area contributed by atoms with E-state index in [9.17, 15) is 0 Å². The number of nitrogens with zero attached hydrogens (tertiary/aromatic N) is 4. The summed E-state index contributed by atoms with van der Waals surface area (Å²) in [5.41, 5.74) is 2.07. The monoisotopic (exact) mass is 498 g/mol. The molecule has 0 aliphatic rings. The number of aromatic nitrogens is 4. The molecule has 0 saturated carbocycles. The SMILES string of the molecule is CCOc1c(Br)cc(CNCCSc2nnnn2-c2ccccc2)cc1OC.[Cl-]. The first-order chi connectivity index (χ1) is 13.7. The lowest BCUT2D eigenvalue weighted by Gasteiger charge is -2.13. The summed E-state index contributed by atoms with van der Waals surface area (Å²) in [6.07, 6.45) is 0. The molecule has 0 aliphatic heterocycles. The van der Waals surface area contributed by atoms with E-state index in [1.807, 2.05) is 49.4 Å². The number of tetrazole rings is 1. The highest BCUT2D eigenvalue weighted by atomic mass is 79.9. The lowest BCUT2D eigenvalue weighted by molar-refractivity contribution is -0.00000645. The van der Waals surface area contributed by atoms with Gasteiger partial charge < -0.3 is 27.2 Å². The molecule has 3 aromatic rings. The van der Waals surface area contributed by atoms with Gasteiger partial charge in [-0.1, -0.05) is 30.0 Å². The van der Waals surface area contributed by atoms with Gasteiger partial charge in [0.2, 0.25) is 5.16 Å². The smallest absolute Gasteiger partial charge is 0.214 e. The van der Waals surface area contributed by atoms with Crippen LogP contribution in [0.1, 0.15) is 12.5 Å². The highest BCUT2D eigenvalue weighted by Gasteiger charge is 2.11. The first-order valence-corrected chi connectivity index (χ1v) is 10.7. The summed E-state index contributed by atoms with van der Waals surface area (Å²) in [4.78, 5) is 0. The van der Waals surface area contributed by atoms with E-state index in [2.05, 4.69) is 36.8 Å². The molecule has 1 N–H and O–H groups in total. The average Bonchev–Trinajstić information content (AvgIpc) is 3.18. The normalized spacial score (nSPS) is 10.4. The van der Waals surface area contributed by atoms with Crippen molar-refractivity contribution < 1.29 is 21.9 Å². The van der Waals surface area contributed by atoms with Crippen molar-refractivity contribution >= 4 is 27.7 Å². The van der Waals surface area contributed by atoms with Crippen LogP contribution in [0.15, 0.2) is 52.1 Å². The van der Waals surface area contributed by atoms with Crippen molar-refractivity contribution in [2.75, 3.05) is 26.0 Å². The topological polar surface area (TPSA) is 74.1 Å². The van der Waals surface area contributed by atoms with E-state index in [4.69, 9.17) is 9.47 Å². The standard InChI is InChI=1S/C19H22BrN5O2S.ClH/c1-3-27-18-16(20)11-14(12-17(18)26-2)13-21-9-10-28-19-22-23-24-25(19)15-7-5-4-6-8-15;/h4-8,11-12,21H,3,9-10,13H2,1-2H3;1H/p-1. The first kappa shape index (κ1) is 23.5. The molecular weight excluding hydrogens is 478 g/mol. The minimum atomic E-state index is 0. The third-order valence-electron chi connectivity index (χ3n) is 3.86. The summed E-state index contributed by atoms with van der Waals surface area (Å²) in [6.45, 7) is 4.09. The summed E-state index contributed by atoms with van der Waals surface area (Å²) in [5.74, 6) is 2.31. The molecule has 0 fully saturated rings. The summed E-state index contributed by atoms with van der Waals surface area (Å²) in [7, 11) is 1.65. The summed E-state index contributed by atoms with van der Waals surface area (Å²) >= 11 is 5.17. The number of para-hydroxylation sites is 1. The molecule has 0 bridgehead atoms. The van der Waals surface area contributed by atoms with E-state index in [0.29, 0.717) is 6.61 Å². The van der Waals surface area contributed by atoms with Crippen LogP contribution in [0, 0.1) is 0 Å². The molecule has 10 heteroatoms. The van der Waals surface area contributed by atoms with Crippen LogP contribution in [0.3, 0.4) is 0 Å². The number of hydrogen-bond donors (Lipinski definition) is 1. The van der Waals surface area contributed by atoms with Crippen LogP contribution in [0.4, 0.5) is 0 Å². The Labute approximate surface area is 189 Å². The van der Waals surface area contributed by atoms with Crippen molar-refractivity contribution in [2.24, 2.45) is 0 Å². The molecule has 1 heterocycles. The van der Waals surface area contributed by atoms with Crippen molar-refractivity contribution in [3.05, 3.63) is 52.5 Å². The van der Waals surface area contributed by atoms with Crippen LogP contribution in [0.5, 0.6) is 11.5 Å². The van der Waals surface area contributed by atoms with Gasteiger partial charge in [-0.25, -0.2) is 0 Å². The van der Waals surface area contributed by atoms with Gasteiger partial charge in [0, 0.05) is 18.8 Å². The summed E-state index contributed by atoms with van der Waals surface area (Å²) in [5, 5.41) is 16.2. The molecule has 7 nitrogen and oxygen atoms in total. The van der Waals surface area contributed by atoms with Gasteiger partial charge >= 0.3 is 0 Å². The summed E-state index contributed by atoms with van der Waals surface area (Å²) < 4.78 is 13.7. The molecule has 29 heavy (non-hydrogen) atoms. The van der Waals surface area contributed by atoms with Gasteiger partial charge in [0.15, 0.2) is 11.5 Å². The third kappa shape index (κ3) is 6.33. The Kier molecular flexibility index (Phi) is 9.72. The second-order valence-electron chi connectivity index (χ2n) is 5.78. The van der Waals surface area contributed by atoms with Crippen LogP contribution >= 0.6 is 27.7 Å². The maximum atomic E-state index is 5.63. The zero-order valence-electron chi connectivity index (χ0n) is 16.1. The number of nitrogens with one attached hydrogen (secondary N) is 1. The van der Waals surface area contributed by atoms with E-state index < -0.39 is 0 Å². The molecule has 0 atom stereocenters. The summed E-state index contributed by atoms with van der Waals surface area (Å²) in [6, 6.07) is 13.9. The minimum absolute atomic E-state index is 0. The second kappa shape index (κ2) is 12.0. The van der Waals surface area contributed by atoms with Gasteiger partial charge in [-0.2, -0.15) is 4.68 Å². The van der Waals surface area contributed by atoms with Crippen LogP contribution in [0.2, 0.25) is 0 Å². The number of thioether (sulfide) groups is 1. The number of ether oxygens (including phenoxy) is 2. The van der Waals surface area contributed by atoms with Gasteiger partial charge in [0.25, 0.3) is 0 Å². The number of hydrogen-bond acceptors (Lipinski definition) is 7. The van der Waals surface area contributed by atoms with E-state index in [1.54, 1.807) is 23.6 Å². The van der Waals surface area contributed by atoms with Gasteiger partial charge in [-0.05, 0) is 63.1 Å². The lowest BCUT2D eigenvalue weighted by atomic mass is 10.2. The average molecular weight is 500 g/mol. The number of halogens is 2. The molecule has 0 spiro atoms. The van der Waals surface area contributed by atoms with Crippen molar-refractivity contribution in [2.45, 2.75) is 18.6 Å². The largest absolute Gasteiger partial charge is 1.00 e. The molecule has 2 aromatic carbocycles. The lowest BCUT2D eigenvalue weighted by Crippen LogP contribution is -3.00. The quantitative estimate of drug-likeness (QED) is 0.325. The highest BCUT2D eigenvalue weighted by Crippen LogP contribution is 2.36. The Morgan fingerprint density at radius 3 is 2.72 bits per heavy atom. The Morgan fingerprint density at radius 1 is 1.21 bits per heavy atom. The van der Waals surface area contributed by atoms with Gasteiger partial charge in [0.05, 0.1) is 23.9 Å². The maximum Gasteiger partial charge on any atom is 0.214 e. The van der Waals surface area contributed by atoms with E-state index in [-0.39, 0.29) is 12.4 Å². The fourth-order valence-corrected chi connectivity index (χ4v) is 4.00. The molecule has 0 saturated heterocycles. The third-order valence-corrected chi connectivity index (χ3v) is 5.37. The van der Waals surface area contributed by atoms with Crippen LogP contribution in [-0.4, -0.2) is 46.2 Å². The molecule has 3 rings (SSSR count). The Hall–Kier alpha value is -1.81. The number of methoxy groups -OCH3 is 1. The molecule has 156 valence electrons. The Bertz CT molecular complexity index is 898. The molecular formula is C19H22BrClN5O2S-. The van der Waals surface area contributed by atoms with Crippen molar-refractivity contribution in [3.63, 3.8) is 0 Å². The highest BCUT2D eigenvalue weighted by molar-refractivity contribution is 9.10. The zero-order chi connectivity index (χ0) is 19.8. The van der Waals surface area contributed by atoms with Crippen molar-refractivity contribution in [1.29, 1.82) is 0 Å². The minimum Gasteiger partial charge on any atom is -1.00 e. The Morgan fingerprint density at radius 2 is 2.00 bits per heavy atom. The number of benzene rings is 2. The van der Waals surface area contributed by atoms with Crippen LogP contribution < -0.4 is 27.2 Å². The van der Waals surface area contributed by atoms with E-state index in [0.717, 1.165) is 51.2 Å². The van der Waals surface area contributed by atoms with Gasteiger partial charge in [-0.15, -0.1) is 5.10 Å². The molecule has 1 aromatic heterocycles. The van der Waals surface area contributed by atoms with E-state index in [1.165, 1.54) is 0 Å². The van der Waals surface area contributed by atoms with Gasteiger partial charge in [0.1, 0.15) is 0 Å². The number of rotatable bonds is 10. The van der Waals surface area contributed by atoms with Gasteiger partial charge in [-0.3, -0.25) is 0 Å². The molecule has 0 radical (unpaired) electrons. The zero-order valence-corrected chi connectivity index (χ0v) is 19.3. The van der Waals surface area contributed by atoms with Crippen molar-refractivity contribution in [1.82, 2.24) is 25.5 Å². The first-order valence-electron chi connectivity index (χ1n) is 8.89. The second-order valence-corrected chi connectivity index (χ2v) is 7.69. The molecule has 0 amide bonds. The molecule has 0 aliphatic carbocycles. The Balaban J connectivity index is 0.00000300. The fourth-order valence-electron chi connectivity index (χ4n) is 2.61. The predicted octanol–water partition coefficient (Wildman–Crippen LogP) is 0.718. The van der Waals surface area contributed by atoms with Crippen LogP contribution in [0.25, 0.3) is 5.69 Å². The fraction of sp³-hybridized carbons (Fsp3) is 0.316. The maximum absolute atomic E-state index is 5.63. The van der Waals surface area contributed by atoms with Crippen molar-refractivity contribution in [3.8, 4) is 17.2 Å². The van der Waals surface area contributed by atoms with Crippen LogP contribution in [-0.2, 0) is 6.54 Å². The van der Waals surface area contributed by atoms with E-state index >= 15 is 0 Å².